The number of hydrogen-bond acceptors (Lipinski definition) is 2. The summed E-state index contributed by atoms with van der Waals surface area (Å²) in [6.45, 7) is 4.49. The van der Waals surface area contributed by atoms with Crippen LogP contribution in [0.2, 0.25) is 0 Å². The maximum Gasteiger partial charge on any atom is 0.126 e. The van der Waals surface area contributed by atoms with E-state index in [1.165, 1.54) is 0 Å². The monoisotopic (exact) mass is 273 g/mol. The van der Waals surface area contributed by atoms with E-state index in [1.807, 2.05) is 30.3 Å². The van der Waals surface area contributed by atoms with Gasteiger partial charge in [-0.2, -0.15) is 0 Å². The van der Waals surface area contributed by atoms with E-state index >= 15 is 0 Å². The number of nitrogens with one attached hydrogen (secondary N) is 1. The Kier molecular flexibility index (Phi) is 4.74. The third-order valence-electron chi connectivity index (χ3n) is 3.44. The van der Waals surface area contributed by atoms with E-state index in [1.54, 1.807) is 20.1 Å². The van der Waals surface area contributed by atoms with Crippen molar-refractivity contribution >= 4 is 0 Å². The van der Waals surface area contributed by atoms with Gasteiger partial charge in [0.2, 0.25) is 0 Å². The highest BCUT2D eigenvalue weighted by molar-refractivity contribution is 5.30. The van der Waals surface area contributed by atoms with Gasteiger partial charge in [0.15, 0.2) is 0 Å². The fraction of sp³-hybridized carbons (Fsp3) is 0.294. The first-order valence-electron chi connectivity index (χ1n) is 6.72. The molecule has 106 valence electrons. The Morgan fingerprint density at radius 3 is 2.70 bits per heavy atom. The molecular formula is C17H20FNO. The Morgan fingerprint density at radius 1 is 1.20 bits per heavy atom. The quantitative estimate of drug-likeness (QED) is 0.889. The predicted molar refractivity (Wildman–Crippen MR) is 79.4 cm³/mol. The predicted octanol–water partition coefficient (Wildman–Crippen LogP) is 3.99. The van der Waals surface area contributed by atoms with E-state index in [4.69, 9.17) is 4.74 Å². The van der Waals surface area contributed by atoms with Gasteiger partial charge in [0.1, 0.15) is 11.6 Å². The molecule has 0 bridgehead atoms. The van der Waals surface area contributed by atoms with Gasteiger partial charge in [-0.05, 0) is 48.7 Å². The minimum atomic E-state index is -0.154. The van der Waals surface area contributed by atoms with Crippen LogP contribution in [-0.4, -0.2) is 7.11 Å². The summed E-state index contributed by atoms with van der Waals surface area (Å²) in [6, 6.07) is 13.5. The van der Waals surface area contributed by atoms with Crippen LogP contribution >= 0.6 is 0 Å². The van der Waals surface area contributed by atoms with Crippen LogP contribution in [0.4, 0.5) is 4.39 Å². The van der Waals surface area contributed by atoms with Crippen molar-refractivity contribution in [1.29, 1.82) is 0 Å². The molecule has 0 amide bonds. The smallest absolute Gasteiger partial charge is 0.126 e. The summed E-state index contributed by atoms with van der Waals surface area (Å²) in [4.78, 5) is 0. The van der Waals surface area contributed by atoms with E-state index in [2.05, 4.69) is 18.3 Å². The molecule has 0 fully saturated rings. The Labute approximate surface area is 119 Å². The van der Waals surface area contributed by atoms with Gasteiger partial charge >= 0.3 is 0 Å². The zero-order valence-electron chi connectivity index (χ0n) is 12.1. The van der Waals surface area contributed by atoms with E-state index < -0.39 is 0 Å². The molecule has 2 nitrogen and oxygen atoms in total. The van der Waals surface area contributed by atoms with Gasteiger partial charge in [-0.1, -0.05) is 24.3 Å². The summed E-state index contributed by atoms with van der Waals surface area (Å²) < 4.78 is 18.7. The van der Waals surface area contributed by atoms with E-state index in [-0.39, 0.29) is 11.9 Å². The summed E-state index contributed by atoms with van der Waals surface area (Å²) in [7, 11) is 1.66. The number of benzene rings is 2. The number of halogens is 1. The lowest BCUT2D eigenvalue weighted by Crippen LogP contribution is -2.18. The SMILES string of the molecule is COc1cccc(C(C)NCc2ccc(C)c(F)c2)c1. The standard InChI is InChI=1S/C17H20FNO/c1-12-7-8-14(9-17(12)18)11-19-13(2)15-5-4-6-16(10-15)20-3/h4-10,13,19H,11H2,1-3H3. The topological polar surface area (TPSA) is 21.3 Å². The molecule has 0 heterocycles. The molecule has 0 saturated carbocycles. The van der Waals surface area contributed by atoms with Crippen molar-refractivity contribution in [3.8, 4) is 5.75 Å². The number of rotatable bonds is 5. The second-order valence-corrected chi connectivity index (χ2v) is 4.96. The van der Waals surface area contributed by atoms with E-state index in [0.29, 0.717) is 12.1 Å². The average Bonchev–Trinajstić information content (AvgIpc) is 2.48. The van der Waals surface area contributed by atoms with Gasteiger partial charge in [0.25, 0.3) is 0 Å². The zero-order chi connectivity index (χ0) is 14.5. The largest absolute Gasteiger partial charge is 0.497 e. The third kappa shape index (κ3) is 3.58. The molecule has 1 atom stereocenters. The molecule has 2 aromatic carbocycles. The van der Waals surface area contributed by atoms with Crippen LogP contribution in [0.3, 0.4) is 0 Å². The number of methoxy groups -OCH3 is 1. The van der Waals surface area contributed by atoms with Gasteiger partial charge < -0.3 is 10.1 Å². The normalized spacial score (nSPS) is 12.2. The molecule has 3 heteroatoms. The minimum absolute atomic E-state index is 0.154. The molecular weight excluding hydrogens is 253 g/mol. The Bertz CT molecular complexity index is 583. The zero-order valence-corrected chi connectivity index (χ0v) is 12.1. The van der Waals surface area contributed by atoms with E-state index in [0.717, 1.165) is 16.9 Å². The molecule has 0 aliphatic carbocycles. The third-order valence-corrected chi connectivity index (χ3v) is 3.44. The number of ether oxygens (including phenoxy) is 1. The Morgan fingerprint density at radius 2 is 2.00 bits per heavy atom. The van der Waals surface area contributed by atoms with Crippen molar-refractivity contribution in [3.63, 3.8) is 0 Å². The van der Waals surface area contributed by atoms with Crippen LogP contribution in [-0.2, 0) is 6.54 Å². The Balaban J connectivity index is 2.00. The molecule has 0 aromatic heterocycles. The van der Waals surface area contributed by atoms with Crippen LogP contribution in [0.15, 0.2) is 42.5 Å². The molecule has 1 unspecified atom stereocenters. The first-order chi connectivity index (χ1) is 9.60. The maximum atomic E-state index is 13.5. The molecule has 0 aliphatic rings. The molecule has 0 radical (unpaired) electrons. The van der Waals surface area contributed by atoms with Crippen LogP contribution in [0, 0.1) is 12.7 Å². The lowest BCUT2D eigenvalue weighted by molar-refractivity contribution is 0.413. The van der Waals surface area contributed by atoms with Crippen molar-refractivity contribution in [2.75, 3.05) is 7.11 Å². The van der Waals surface area contributed by atoms with Crippen LogP contribution in [0.5, 0.6) is 5.75 Å². The second kappa shape index (κ2) is 6.53. The summed E-state index contributed by atoms with van der Waals surface area (Å²) in [6.07, 6.45) is 0. The van der Waals surface area contributed by atoms with Crippen molar-refractivity contribution in [1.82, 2.24) is 5.32 Å². The molecule has 2 aromatic rings. The van der Waals surface area contributed by atoms with Crippen molar-refractivity contribution in [2.24, 2.45) is 0 Å². The van der Waals surface area contributed by atoms with Gasteiger partial charge in [-0.3, -0.25) is 0 Å². The molecule has 2 rings (SSSR count). The molecule has 20 heavy (non-hydrogen) atoms. The summed E-state index contributed by atoms with van der Waals surface area (Å²) in [5, 5.41) is 3.39. The fourth-order valence-corrected chi connectivity index (χ4v) is 2.05. The molecule has 1 N–H and O–H groups in total. The van der Waals surface area contributed by atoms with E-state index in [9.17, 15) is 4.39 Å². The minimum Gasteiger partial charge on any atom is -0.497 e. The summed E-state index contributed by atoms with van der Waals surface area (Å²) in [5.41, 5.74) is 2.77. The molecule has 0 saturated heterocycles. The van der Waals surface area contributed by atoms with Gasteiger partial charge in [0.05, 0.1) is 7.11 Å². The van der Waals surface area contributed by atoms with Crippen LogP contribution < -0.4 is 10.1 Å². The van der Waals surface area contributed by atoms with Gasteiger partial charge in [-0.25, -0.2) is 4.39 Å². The highest BCUT2D eigenvalue weighted by Crippen LogP contribution is 2.19. The van der Waals surface area contributed by atoms with Crippen molar-refractivity contribution in [2.45, 2.75) is 26.4 Å². The second-order valence-electron chi connectivity index (χ2n) is 4.96. The van der Waals surface area contributed by atoms with Gasteiger partial charge in [-0.15, -0.1) is 0 Å². The number of aryl methyl sites for hydroxylation is 1. The molecule has 0 aliphatic heterocycles. The first-order valence-corrected chi connectivity index (χ1v) is 6.72. The molecule has 0 spiro atoms. The highest BCUT2D eigenvalue weighted by atomic mass is 19.1. The number of hydrogen-bond donors (Lipinski definition) is 1. The lowest BCUT2D eigenvalue weighted by Gasteiger charge is -2.15. The van der Waals surface area contributed by atoms with Crippen LogP contribution in [0.25, 0.3) is 0 Å². The van der Waals surface area contributed by atoms with Crippen molar-refractivity contribution in [3.05, 3.63) is 65.0 Å². The Hall–Kier alpha value is -1.87. The first kappa shape index (κ1) is 14.5. The lowest BCUT2D eigenvalue weighted by atomic mass is 10.1. The van der Waals surface area contributed by atoms with Crippen LogP contribution in [0.1, 0.15) is 29.7 Å². The summed E-state index contributed by atoms with van der Waals surface area (Å²) >= 11 is 0. The average molecular weight is 273 g/mol. The highest BCUT2D eigenvalue weighted by Gasteiger charge is 2.06. The van der Waals surface area contributed by atoms with Crippen molar-refractivity contribution < 1.29 is 9.13 Å². The maximum absolute atomic E-state index is 13.5. The summed E-state index contributed by atoms with van der Waals surface area (Å²) in [5.74, 6) is 0.691. The van der Waals surface area contributed by atoms with Gasteiger partial charge in [0, 0.05) is 12.6 Å². The fourth-order valence-electron chi connectivity index (χ4n) is 2.05.